The number of nitrogens with zero attached hydrogens (tertiary/aromatic N) is 3. The van der Waals surface area contributed by atoms with Crippen molar-refractivity contribution in [3.8, 4) is 0 Å². The van der Waals surface area contributed by atoms with Crippen LogP contribution in [-0.2, 0) is 11.2 Å². The Morgan fingerprint density at radius 2 is 1.89 bits per heavy atom. The van der Waals surface area contributed by atoms with Gasteiger partial charge in [0.25, 0.3) is 5.91 Å². The van der Waals surface area contributed by atoms with Gasteiger partial charge in [0, 0.05) is 24.4 Å². The van der Waals surface area contributed by atoms with Gasteiger partial charge in [0.05, 0.1) is 6.20 Å². The zero-order valence-electron chi connectivity index (χ0n) is 14.5. The Labute approximate surface area is 165 Å². The second-order valence-electron chi connectivity index (χ2n) is 5.83. The van der Waals surface area contributed by atoms with Crippen molar-refractivity contribution >= 4 is 35.1 Å². The fourth-order valence-corrected chi connectivity index (χ4v) is 2.69. The number of pyridine rings is 1. The van der Waals surface area contributed by atoms with Crippen molar-refractivity contribution in [3.05, 3.63) is 77.3 Å². The highest BCUT2D eigenvalue weighted by Crippen LogP contribution is 2.18. The van der Waals surface area contributed by atoms with Gasteiger partial charge in [-0.15, -0.1) is 0 Å². The smallest absolute Gasteiger partial charge is 0.326 e. The number of carbonyl (C=O) groups is 2. The maximum absolute atomic E-state index is 12.6. The van der Waals surface area contributed by atoms with E-state index in [1.807, 2.05) is 18.2 Å². The number of aliphatic carboxylic acids is 1. The van der Waals surface area contributed by atoms with Crippen molar-refractivity contribution in [3.63, 3.8) is 0 Å². The molecule has 0 fully saturated rings. The third kappa shape index (κ3) is 5.24. The lowest BCUT2D eigenvalue weighted by Crippen LogP contribution is -2.42. The molecule has 0 radical (unpaired) electrons. The Kier molecular flexibility index (Phi) is 6.13. The van der Waals surface area contributed by atoms with Crippen LogP contribution in [0.25, 0.3) is 0 Å². The van der Waals surface area contributed by atoms with Crippen LogP contribution in [-0.4, -0.2) is 38.0 Å². The summed E-state index contributed by atoms with van der Waals surface area (Å²) in [6.45, 7) is 0. The molecule has 0 aliphatic carbocycles. The quantitative estimate of drug-likeness (QED) is 0.524. The third-order valence-corrected chi connectivity index (χ3v) is 3.96. The van der Waals surface area contributed by atoms with E-state index in [4.69, 9.17) is 11.6 Å². The van der Waals surface area contributed by atoms with Gasteiger partial charge in [0.15, 0.2) is 0 Å². The average Bonchev–Trinajstić information content (AvgIpc) is 2.68. The topological polar surface area (TPSA) is 117 Å². The van der Waals surface area contributed by atoms with E-state index in [-0.39, 0.29) is 23.0 Å². The number of hydrogen-bond acceptors (Lipinski definition) is 6. The van der Waals surface area contributed by atoms with Crippen molar-refractivity contribution in [2.45, 2.75) is 12.5 Å². The first kappa shape index (κ1) is 19.2. The van der Waals surface area contributed by atoms with Crippen molar-refractivity contribution < 1.29 is 14.7 Å². The van der Waals surface area contributed by atoms with E-state index in [0.717, 1.165) is 5.56 Å². The molecule has 3 aromatic rings. The van der Waals surface area contributed by atoms with Gasteiger partial charge in [-0.1, -0.05) is 41.9 Å². The summed E-state index contributed by atoms with van der Waals surface area (Å²) in [7, 11) is 0. The molecule has 2 aromatic heterocycles. The molecule has 28 heavy (non-hydrogen) atoms. The molecule has 0 aliphatic rings. The van der Waals surface area contributed by atoms with E-state index >= 15 is 0 Å². The predicted molar refractivity (Wildman–Crippen MR) is 104 cm³/mol. The van der Waals surface area contributed by atoms with Gasteiger partial charge in [-0.3, -0.25) is 9.78 Å². The second kappa shape index (κ2) is 8.92. The molecular weight excluding hydrogens is 382 g/mol. The van der Waals surface area contributed by atoms with Crippen LogP contribution in [0, 0.1) is 0 Å². The minimum atomic E-state index is -1.13. The fourth-order valence-electron chi connectivity index (χ4n) is 2.48. The average molecular weight is 398 g/mol. The number of carbonyl (C=O) groups excluding carboxylic acids is 1. The molecule has 3 rings (SSSR count). The Bertz CT molecular complexity index is 970. The van der Waals surface area contributed by atoms with Gasteiger partial charge < -0.3 is 15.7 Å². The van der Waals surface area contributed by atoms with Crippen LogP contribution in [0.3, 0.4) is 0 Å². The Morgan fingerprint density at radius 3 is 2.57 bits per heavy atom. The van der Waals surface area contributed by atoms with Crippen LogP contribution < -0.4 is 10.6 Å². The number of nitrogens with one attached hydrogen (secondary N) is 2. The zero-order chi connectivity index (χ0) is 19.9. The number of hydrogen-bond donors (Lipinski definition) is 3. The number of carboxylic acid groups (broad SMARTS) is 1. The molecule has 0 bridgehead atoms. The number of halogens is 1. The maximum atomic E-state index is 12.6. The number of rotatable bonds is 7. The van der Waals surface area contributed by atoms with Crippen molar-refractivity contribution in [1.82, 2.24) is 20.3 Å². The molecule has 0 spiro atoms. The van der Waals surface area contributed by atoms with Crippen molar-refractivity contribution in [2.75, 3.05) is 5.32 Å². The summed E-state index contributed by atoms with van der Waals surface area (Å²) in [6, 6.07) is 10.8. The first-order valence-electron chi connectivity index (χ1n) is 8.29. The lowest BCUT2D eigenvalue weighted by molar-refractivity contribution is -0.139. The lowest BCUT2D eigenvalue weighted by Gasteiger charge is -2.15. The van der Waals surface area contributed by atoms with Gasteiger partial charge in [0.2, 0.25) is 0 Å². The van der Waals surface area contributed by atoms with E-state index < -0.39 is 17.9 Å². The normalized spacial score (nSPS) is 11.5. The van der Waals surface area contributed by atoms with E-state index in [0.29, 0.717) is 5.82 Å². The summed E-state index contributed by atoms with van der Waals surface area (Å²) in [4.78, 5) is 36.2. The van der Waals surface area contributed by atoms with E-state index in [1.165, 1.54) is 30.7 Å². The maximum Gasteiger partial charge on any atom is 0.326 e. The van der Waals surface area contributed by atoms with Gasteiger partial charge in [-0.25, -0.2) is 14.8 Å². The van der Waals surface area contributed by atoms with Gasteiger partial charge >= 0.3 is 5.97 Å². The number of aromatic nitrogens is 3. The highest BCUT2D eigenvalue weighted by molar-refractivity contribution is 6.30. The molecule has 142 valence electrons. The largest absolute Gasteiger partial charge is 0.480 e. The Balaban J connectivity index is 1.76. The molecule has 1 atom stereocenters. The molecule has 2 heterocycles. The third-order valence-electron chi connectivity index (χ3n) is 3.76. The highest BCUT2D eigenvalue weighted by atomic mass is 35.5. The van der Waals surface area contributed by atoms with Crippen LogP contribution in [0.2, 0.25) is 5.15 Å². The van der Waals surface area contributed by atoms with Crippen molar-refractivity contribution in [1.29, 1.82) is 0 Å². The number of anilines is 2. The molecule has 0 saturated carbocycles. The van der Waals surface area contributed by atoms with Gasteiger partial charge in [0.1, 0.15) is 22.8 Å². The molecule has 0 saturated heterocycles. The first-order valence-corrected chi connectivity index (χ1v) is 8.67. The molecule has 3 N–H and O–H groups in total. The SMILES string of the molecule is O=C(N[C@@H](Cc1ccccc1)C(=O)O)c1cc(Cl)nc(Nc2cnccn2)c1. The summed E-state index contributed by atoms with van der Waals surface area (Å²) in [5, 5.41) is 14.9. The van der Waals surface area contributed by atoms with E-state index in [1.54, 1.807) is 12.1 Å². The summed E-state index contributed by atoms with van der Waals surface area (Å²) in [6.07, 6.45) is 4.67. The monoisotopic (exact) mass is 397 g/mol. The van der Waals surface area contributed by atoms with Crippen LogP contribution in [0.5, 0.6) is 0 Å². The molecule has 1 amide bonds. The van der Waals surface area contributed by atoms with Gasteiger partial charge in [-0.2, -0.15) is 0 Å². The van der Waals surface area contributed by atoms with Crippen LogP contribution in [0.15, 0.2) is 61.1 Å². The summed E-state index contributed by atoms with van der Waals surface area (Å²) < 4.78 is 0. The standard InChI is InChI=1S/C19H16ClN5O3/c20-15-9-13(10-16(24-15)25-17-11-21-6-7-22-17)18(26)23-14(19(27)28)8-12-4-2-1-3-5-12/h1-7,9-11,14H,8H2,(H,23,26)(H,27,28)(H,22,24,25)/t14-/m0/s1. The molecule has 0 aliphatic heterocycles. The summed E-state index contributed by atoms with van der Waals surface area (Å²) >= 11 is 6.01. The van der Waals surface area contributed by atoms with Gasteiger partial charge in [-0.05, 0) is 17.7 Å². The van der Waals surface area contributed by atoms with Crippen molar-refractivity contribution in [2.24, 2.45) is 0 Å². The molecule has 8 nitrogen and oxygen atoms in total. The fraction of sp³-hybridized carbons (Fsp3) is 0.105. The lowest BCUT2D eigenvalue weighted by atomic mass is 10.1. The van der Waals surface area contributed by atoms with Crippen LogP contribution in [0.1, 0.15) is 15.9 Å². The predicted octanol–water partition coefficient (Wildman–Crippen LogP) is 2.69. The highest BCUT2D eigenvalue weighted by Gasteiger charge is 2.22. The van der Waals surface area contributed by atoms with Crippen LogP contribution in [0.4, 0.5) is 11.6 Å². The van der Waals surface area contributed by atoms with E-state index in [2.05, 4.69) is 25.6 Å². The summed E-state index contributed by atoms with van der Waals surface area (Å²) in [5.41, 5.74) is 0.971. The van der Waals surface area contributed by atoms with Crippen LogP contribution >= 0.6 is 11.6 Å². The zero-order valence-corrected chi connectivity index (χ0v) is 15.3. The van der Waals surface area contributed by atoms with E-state index in [9.17, 15) is 14.7 Å². The Hall–Kier alpha value is -3.52. The first-order chi connectivity index (χ1) is 13.5. The molecule has 0 unspecified atom stereocenters. The minimum Gasteiger partial charge on any atom is -0.480 e. The minimum absolute atomic E-state index is 0.0778. The molecular formula is C19H16ClN5O3. The number of benzene rings is 1. The Morgan fingerprint density at radius 1 is 1.11 bits per heavy atom. The number of amides is 1. The molecule has 1 aromatic carbocycles. The number of carboxylic acids is 1. The summed E-state index contributed by atoms with van der Waals surface area (Å²) in [5.74, 6) is -0.991. The second-order valence-corrected chi connectivity index (χ2v) is 6.22. The molecule has 9 heteroatoms.